The van der Waals surface area contributed by atoms with Crippen LogP contribution in [0.15, 0.2) is 18.3 Å². The van der Waals surface area contributed by atoms with Crippen LogP contribution in [0.4, 0.5) is 0 Å². The Morgan fingerprint density at radius 3 is 2.89 bits per heavy atom. The van der Waals surface area contributed by atoms with Crippen LogP contribution in [0.5, 0.6) is 5.75 Å². The molecule has 1 fully saturated rings. The molecule has 0 aliphatic heterocycles. The van der Waals surface area contributed by atoms with Crippen molar-refractivity contribution >= 4 is 0 Å². The number of hydrogen-bond donors (Lipinski definition) is 1. The topological polar surface area (TPSA) is 34.2 Å². The number of ether oxygens (including phenoxy) is 1. The quantitative estimate of drug-likeness (QED) is 0.813. The summed E-state index contributed by atoms with van der Waals surface area (Å²) in [6.07, 6.45) is 9.74. The minimum Gasteiger partial charge on any atom is -0.495 e. The zero-order valence-corrected chi connectivity index (χ0v) is 12.2. The van der Waals surface area contributed by atoms with E-state index in [1.807, 2.05) is 18.3 Å². The van der Waals surface area contributed by atoms with Crippen LogP contribution in [-0.4, -0.2) is 18.6 Å². The summed E-state index contributed by atoms with van der Waals surface area (Å²) < 4.78 is 5.47. The third-order valence-electron chi connectivity index (χ3n) is 4.03. The first-order chi connectivity index (χ1) is 9.35. The van der Waals surface area contributed by atoms with Crippen molar-refractivity contribution in [3.8, 4) is 5.75 Å². The third kappa shape index (κ3) is 3.93. The molecule has 3 heteroatoms. The van der Waals surface area contributed by atoms with Crippen molar-refractivity contribution in [2.45, 2.75) is 51.5 Å². The van der Waals surface area contributed by atoms with E-state index in [2.05, 4.69) is 17.2 Å². The molecule has 2 rings (SSSR count). The number of methoxy groups -OCH3 is 1. The predicted octanol–water partition coefficient (Wildman–Crippen LogP) is 3.71. The Kier molecular flexibility index (Phi) is 5.64. The van der Waals surface area contributed by atoms with E-state index >= 15 is 0 Å². The van der Waals surface area contributed by atoms with E-state index in [-0.39, 0.29) is 0 Å². The van der Waals surface area contributed by atoms with Crippen molar-refractivity contribution < 1.29 is 4.74 Å². The van der Waals surface area contributed by atoms with Crippen LogP contribution in [-0.2, 0) is 0 Å². The second kappa shape index (κ2) is 7.49. The molecule has 0 radical (unpaired) electrons. The molecular formula is C16H26N2O. The second-order valence-corrected chi connectivity index (χ2v) is 5.48. The molecule has 1 aliphatic rings. The van der Waals surface area contributed by atoms with Gasteiger partial charge in [0.15, 0.2) is 0 Å². The van der Waals surface area contributed by atoms with Gasteiger partial charge < -0.3 is 10.1 Å². The van der Waals surface area contributed by atoms with E-state index in [0.717, 1.165) is 30.3 Å². The Balaban J connectivity index is 2.10. The fourth-order valence-corrected chi connectivity index (χ4v) is 3.03. The molecule has 1 heterocycles. The average molecular weight is 262 g/mol. The maximum Gasteiger partial charge on any atom is 0.141 e. The van der Waals surface area contributed by atoms with E-state index in [1.54, 1.807) is 7.11 Å². The van der Waals surface area contributed by atoms with Crippen LogP contribution in [0.25, 0.3) is 0 Å². The lowest BCUT2D eigenvalue weighted by Gasteiger charge is -2.23. The van der Waals surface area contributed by atoms with Crippen LogP contribution in [0.2, 0.25) is 0 Å². The molecular weight excluding hydrogens is 236 g/mol. The molecule has 1 aliphatic carbocycles. The standard InChI is InChI=1S/C16H26N2O/c1-3-10-17-14(12-13-7-4-5-8-13)16-15(19-2)9-6-11-18-16/h6,9,11,13-14,17H,3-5,7-8,10,12H2,1-2H3. The van der Waals surface area contributed by atoms with Gasteiger partial charge in [0.05, 0.1) is 18.8 Å². The van der Waals surface area contributed by atoms with Gasteiger partial charge in [-0.2, -0.15) is 0 Å². The minimum atomic E-state index is 0.333. The zero-order valence-electron chi connectivity index (χ0n) is 12.2. The van der Waals surface area contributed by atoms with E-state index in [0.29, 0.717) is 6.04 Å². The van der Waals surface area contributed by atoms with Crippen LogP contribution in [0, 0.1) is 5.92 Å². The molecule has 106 valence electrons. The first-order valence-corrected chi connectivity index (χ1v) is 7.57. The molecule has 0 spiro atoms. The Hall–Kier alpha value is -1.09. The first-order valence-electron chi connectivity index (χ1n) is 7.57. The Labute approximate surface area is 116 Å². The van der Waals surface area contributed by atoms with Gasteiger partial charge in [0.1, 0.15) is 5.75 Å². The molecule has 0 saturated heterocycles. The molecule has 1 unspecified atom stereocenters. The monoisotopic (exact) mass is 262 g/mol. The van der Waals surface area contributed by atoms with Gasteiger partial charge in [-0.3, -0.25) is 4.98 Å². The van der Waals surface area contributed by atoms with Gasteiger partial charge in [0, 0.05) is 6.20 Å². The van der Waals surface area contributed by atoms with Crippen LogP contribution < -0.4 is 10.1 Å². The molecule has 1 N–H and O–H groups in total. The highest BCUT2D eigenvalue weighted by molar-refractivity contribution is 5.29. The van der Waals surface area contributed by atoms with Crippen LogP contribution in [0.3, 0.4) is 0 Å². The highest BCUT2D eigenvalue weighted by Gasteiger charge is 2.23. The lowest BCUT2D eigenvalue weighted by Crippen LogP contribution is -2.25. The maximum absolute atomic E-state index is 5.47. The average Bonchev–Trinajstić information content (AvgIpc) is 2.96. The highest BCUT2D eigenvalue weighted by Crippen LogP contribution is 2.34. The number of rotatable bonds is 7. The highest BCUT2D eigenvalue weighted by atomic mass is 16.5. The largest absolute Gasteiger partial charge is 0.495 e. The summed E-state index contributed by atoms with van der Waals surface area (Å²) in [5.41, 5.74) is 1.07. The van der Waals surface area contributed by atoms with E-state index < -0.39 is 0 Å². The molecule has 19 heavy (non-hydrogen) atoms. The molecule has 3 nitrogen and oxygen atoms in total. The normalized spacial score (nSPS) is 17.6. The lowest BCUT2D eigenvalue weighted by molar-refractivity contribution is 0.360. The van der Waals surface area contributed by atoms with Gasteiger partial charge in [-0.05, 0) is 37.4 Å². The Bertz CT molecular complexity index is 375. The lowest BCUT2D eigenvalue weighted by atomic mass is 9.95. The van der Waals surface area contributed by atoms with Gasteiger partial charge in [-0.1, -0.05) is 32.6 Å². The van der Waals surface area contributed by atoms with Crippen molar-refractivity contribution in [3.05, 3.63) is 24.0 Å². The fourth-order valence-electron chi connectivity index (χ4n) is 3.03. The smallest absolute Gasteiger partial charge is 0.141 e. The minimum absolute atomic E-state index is 0.333. The number of pyridine rings is 1. The van der Waals surface area contributed by atoms with E-state index in [9.17, 15) is 0 Å². The van der Waals surface area contributed by atoms with E-state index in [1.165, 1.54) is 32.1 Å². The second-order valence-electron chi connectivity index (χ2n) is 5.48. The molecule has 1 aromatic heterocycles. The summed E-state index contributed by atoms with van der Waals surface area (Å²) in [6, 6.07) is 4.28. The van der Waals surface area contributed by atoms with Gasteiger partial charge in [-0.25, -0.2) is 0 Å². The summed E-state index contributed by atoms with van der Waals surface area (Å²) in [4.78, 5) is 4.56. The molecule has 0 aromatic carbocycles. The van der Waals surface area contributed by atoms with Crippen molar-refractivity contribution in [2.75, 3.05) is 13.7 Å². The summed E-state index contributed by atoms with van der Waals surface area (Å²) in [5.74, 6) is 1.76. The van der Waals surface area contributed by atoms with Crippen molar-refractivity contribution in [1.29, 1.82) is 0 Å². The van der Waals surface area contributed by atoms with E-state index in [4.69, 9.17) is 4.74 Å². The molecule has 0 bridgehead atoms. The third-order valence-corrected chi connectivity index (χ3v) is 4.03. The SMILES string of the molecule is CCCNC(CC1CCCC1)c1ncccc1OC. The summed E-state index contributed by atoms with van der Waals surface area (Å²) in [5, 5.41) is 3.64. The summed E-state index contributed by atoms with van der Waals surface area (Å²) in [6.45, 7) is 3.24. The van der Waals surface area contributed by atoms with Gasteiger partial charge in [0.2, 0.25) is 0 Å². The summed E-state index contributed by atoms with van der Waals surface area (Å²) >= 11 is 0. The zero-order chi connectivity index (χ0) is 13.5. The molecule has 1 atom stereocenters. The van der Waals surface area contributed by atoms with Crippen molar-refractivity contribution in [1.82, 2.24) is 10.3 Å². The number of nitrogens with one attached hydrogen (secondary N) is 1. The number of aromatic nitrogens is 1. The predicted molar refractivity (Wildman–Crippen MR) is 78.4 cm³/mol. The van der Waals surface area contributed by atoms with Crippen LogP contribution >= 0.6 is 0 Å². The Morgan fingerprint density at radius 2 is 2.21 bits per heavy atom. The molecule has 1 saturated carbocycles. The first kappa shape index (κ1) is 14.3. The fraction of sp³-hybridized carbons (Fsp3) is 0.688. The van der Waals surface area contributed by atoms with Gasteiger partial charge in [-0.15, -0.1) is 0 Å². The number of hydrogen-bond acceptors (Lipinski definition) is 3. The maximum atomic E-state index is 5.47. The van der Waals surface area contributed by atoms with Gasteiger partial charge >= 0.3 is 0 Å². The molecule has 0 amide bonds. The molecule has 1 aromatic rings. The van der Waals surface area contributed by atoms with Crippen molar-refractivity contribution in [2.24, 2.45) is 5.92 Å². The summed E-state index contributed by atoms with van der Waals surface area (Å²) in [7, 11) is 1.73. The van der Waals surface area contributed by atoms with Crippen molar-refractivity contribution in [3.63, 3.8) is 0 Å². The Morgan fingerprint density at radius 1 is 1.42 bits per heavy atom. The van der Waals surface area contributed by atoms with Crippen LogP contribution in [0.1, 0.15) is 57.2 Å². The van der Waals surface area contributed by atoms with Gasteiger partial charge in [0.25, 0.3) is 0 Å². The number of nitrogens with zero attached hydrogens (tertiary/aromatic N) is 1.